The summed E-state index contributed by atoms with van der Waals surface area (Å²) < 4.78 is 0. The Kier molecular flexibility index (Phi) is 4.07. The average molecular weight is 383 g/mol. The largest absolute Gasteiger partial charge is 0.393 e. The predicted molar refractivity (Wildman–Crippen MR) is 110 cm³/mol. The van der Waals surface area contributed by atoms with E-state index in [9.17, 15) is 9.90 Å². The molecule has 3 heteroatoms. The van der Waals surface area contributed by atoms with Gasteiger partial charge in [0, 0.05) is 10.3 Å². The molecule has 6 atom stereocenters. The third-order valence-electron chi connectivity index (χ3n) is 8.58. The van der Waals surface area contributed by atoms with Crippen LogP contribution in [-0.2, 0) is 4.79 Å². The highest BCUT2D eigenvalue weighted by Gasteiger charge is 2.59. The van der Waals surface area contributed by atoms with E-state index in [1.165, 1.54) is 16.9 Å². The van der Waals surface area contributed by atoms with E-state index in [0.29, 0.717) is 23.5 Å². The molecule has 2 nitrogen and oxygen atoms in total. The van der Waals surface area contributed by atoms with Crippen LogP contribution >= 0.6 is 11.3 Å². The normalized spacial score (nSPS) is 45.2. The van der Waals surface area contributed by atoms with E-state index in [2.05, 4.69) is 43.5 Å². The van der Waals surface area contributed by atoms with E-state index in [4.69, 9.17) is 0 Å². The highest BCUT2D eigenvalue weighted by atomic mass is 32.1. The van der Waals surface area contributed by atoms with Crippen molar-refractivity contribution in [3.8, 4) is 0 Å². The van der Waals surface area contributed by atoms with Crippen molar-refractivity contribution in [1.29, 1.82) is 0 Å². The SMILES string of the molecule is C[C@@]12CC[C@@H]3[C@H](CC=C4C[C@H](O)CC[C@@]43C)[C@H]1C/C(=C\c1cccs1)C2=O. The zero-order valence-electron chi connectivity index (χ0n) is 16.4. The predicted octanol–water partition coefficient (Wildman–Crippen LogP) is 5.63. The lowest BCUT2D eigenvalue weighted by Crippen LogP contribution is -2.50. The van der Waals surface area contributed by atoms with Crippen LogP contribution in [0.3, 0.4) is 0 Å². The minimum atomic E-state index is -0.167. The summed E-state index contributed by atoms with van der Waals surface area (Å²) in [5.41, 5.74) is 2.64. The van der Waals surface area contributed by atoms with Gasteiger partial charge in [0.05, 0.1) is 6.10 Å². The van der Waals surface area contributed by atoms with Gasteiger partial charge in [-0.05, 0) is 91.2 Å². The molecule has 0 aliphatic heterocycles. The second-order valence-electron chi connectivity index (χ2n) is 9.83. The molecule has 1 heterocycles. The molecular formula is C24H30O2S. The summed E-state index contributed by atoms with van der Waals surface area (Å²) in [7, 11) is 0. The van der Waals surface area contributed by atoms with Crippen LogP contribution in [0.15, 0.2) is 34.7 Å². The zero-order valence-corrected chi connectivity index (χ0v) is 17.2. The Hall–Kier alpha value is -1.19. The molecule has 27 heavy (non-hydrogen) atoms. The first-order valence-corrected chi connectivity index (χ1v) is 11.5. The first kappa shape index (κ1) is 17.9. The maximum Gasteiger partial charge on any atom is 0.165 e. The van der Waals surface area contributed by atoms with E-state index in [-0.39, 0.29) is 16.9 Å². The molecule has 1 N–H and O–H groups in total. The van der Waals surface area contributed by atoms with Crippen LogP contribution in [0.2, 0.25) is 0 Å². The van der Waals surface area contributed by atoms with Crippen molar-refractivity contribution in [1.82, 2.24) is 0 Å². The third kappa shape index (κ3) is 2.57. The van der Waals surface area contributed by atoms with Crippen molar-refractivity contribution in [2.24, 2.45) is 28.6 Å². The van der Waals surface area contributed by atoms with Crippen LogP contribution in [0.25, 0.3) is 6.08 Å². The lowest BCUT2D eigenvalue weighted by molar-refractivity contribution is -0.130. The number of allylic oxidation sites excluding steroid dienone is 2. The molecular weight excluding hydrogens is 352 g/mol. The topological polar surface area (TPSA) is 37.3 Å². The number of fused-ring (bicyclic) bond motifs is 5. The number of carbonyl (C=O) groups is 1. The van der Waals surface area contributed by atoms with E-state index in [1.54, 1.807) is 11.3 Å². The Labute approximate surface area is 166 Å². The summed E-state index contributed by atoms with van der Waals surface area (Å²) in [6.45, 7) is 4.70. The number of hydrogen-bond acceptors (Lipinski definition) is 3. The molecule has 3 saturated carbocycles. The molecule has 0 aromatic carbocycles. The van der Waals surface area contributed by atoms with Crippen LogP contribution in [0.4, 0.5) is 0 Å². The molecule has 1 aromatic rings. The Balaban J connectivity index is 1.49. The van der Waals surface area contributed by atoms with Gasteiger partial charge in [0.25, 0.3) is 0 Å². The molecule has 0 amide bonds. The van der Waals surface area contributed by atoms with Crippen molar-refractivity contribution < 1.29 is 9.90 Å². The molecule has 0 bridgehead atoms. The van der Waals surface area contributed by atoms with Gasteiger partial charge in [-0.1, -0.05) is 31.6 Å². The number of ketones is 1. The highest BCUT2D eigenvalue weighted by Crippen LogP contribution is 2.64. The fourth-order valence-corrected chi connectivity index (χ4v) is 7.67. The molecule has 144 valence electrons. The van der Waals surface area contributed by atoms with Gasteiger partial charge >= 0.3 is 0 Å². The number of carbonyl (C=O) groups excluding carboxylic acids is 1. The summed E-state index contributed by atoms with van der Waals surface area (Å²) in [5, 5.41) is 12.2. The summed E-state index contributed by atoms with van der Waals surface area (Å²) in [6, 6.07) is 4.18. The Bertz CT molecular complexity index is 819. The first-order valence-electron chi connectivity index (χ1n) is 10.6. The lowest BCUT2D eigenvalue weighted by Gasteiger charge is -2.56. The number of rotatable bonds is 1. The Morgan fingerprint density at radius 3 is 2.74 bits per heavy atom. The fraction of sp³-hybridized carbons (Fsp3) is 0.625. The van der Waals surface area contributed by atoms with Gasteiger partial charge in [0.1, 0.15) is 0 Å². The molecule has 4 aliphatic rings. The molecule has 0 spiro atoms. The van der Waals surface area contributed by atoms with Crippen LogP contribution in [0.1, 0.15) is 63.7 Å². The molecule has 3 fully saturated rings. The molecule has 5 rings (SSSR count). The summed E-state index contributed by atoms with van der Waals surface area (Å²) in [6.07, 6.45) is 11.6. The summed E-state index contributed by atoms with van der Waals surface area (Å²) in [5.74, 6) is 2.19. The number of aliphatic hydroxyl groups excluding tert-OH is 1. The second-order valence-corrected chi connectivity index (χ2v) is 10.8. The summed E-state index contributed by atoms with van der Waals surface area (Å²) in [4.78, 5) is 14.6. The Morgan fingerprint density at radius 2 is 1.96 bits per heavy atom. The Morgan fingerprint density at radius 1 is 1.15 bits per heavy atom. The van der Waals surface area contributed by atoms with Gasteiger partial charge < -0.3 is 5.11 Å². The minimum Gasteiger partial charge on any atom is -0.393 e. The van der Waals surface area contributed by atoms with Gasteiger partial charge in [0.15, 0.2) is 5.78 Å². The molecule has 0 saturated heterocycles. The van der Waals surface area contributed by atoms with Gasteiger partial charge in [-0.2, -0.15) is 0 Å². The first-order chi connectivity index (χ1) is 12.9. The number of hydrogen-bond donors (Lipinski definition) is 1. The van der Waals surface area contributed by atoms with Gasteiger partial charge in [-0.3, -0.25) is 4.79 Å². The van der Waals surface area contributed by atoms with Crippen LogP contribution < -0.4 is 0 Å². The third-order valence-corrected chi connectivity index (χ3v) is 9.40. The van der Waals surface area contributed by atoms with Crippen LogP contribution in [0, 0.1) is 28.6 Å². The molecule has 0 radical (unpaired) electrons. The van der Waals surface area contributed by atoms with E-state index in [0.717, 1.165) is 44.1 Å². The average Bonchev–Trinajstić information content (AvgIpc) is 3.24. The summed E-state index contributed by atoms with van der Waals surface area (Å²) >= 11 is 1.72. The van der Waals surface area contributed by atoms with E-state index >= 15 is 0 Å². The molecule has 1 aromatic heterocycles. The quantitative estimate of drug-likeness (QED) is 0.504. The number of Topliss-reactive ketones (excluding diaryl/α,β-unsaturated/α-hetero) is 1. The van der Waals surface area contributed by atoms with Crippen molar-refractivity contribution in [2.45, 2.75) is 64.9 Å². The smallest absolute Gasteiger partial charge is 0.165 e. The molecule has 0 unspecified atom stereocenters. The standard InChI is InChI=1S/C24H30O2S/c1-23-9-7-17(25)14-16(23)5-6-19-20(23)8-10-24(2)21(19)13-15(22(24)26)12-18-4-3-11-27-18/h3-5,11-12,17,19-21,25H,6-10,13-14H2,1-2H3/b15-12+/t17-,19+,20-,21-,23+,24-/m1/s1. The van der Waals surface area contributed by atoms with Crippen molar-refractivity contribution in [3.63, 3.8) is 0 Å². The van der Waals surface area contributed by atoms with Crippen molar-refractivity contribution in [2.75, 3.05) is 0 Å². The highest BCUT2D eigenvalue weighted by molar-refractivity contribution is 7.10. The van der Waals surface area contributed by atoms with E-state index < -0.39 is 0 Å². The van der Waals surface area contributed by atoms with Gasteiger partial charge in [-0.15, -0.1) is 11.3 Å². The van der Waals surface area contributed by atoms with Gasteiger partial charge in [0.2, 0.25) is 0 Å². The fourth-order valence-electron chi connectivity index (χ4n) is 6.99. The lowest BCUT2D eigenvalue weighted by atomic mass is 9.48. The van der Waals surface area contributed by atoms with Crippen LogP contribution in [-0.4, -0.2) is 17.0 Å². The monoisotopic (exact) mass is 382 g/mol. The van der Waals surface area contributed by atoms with E-state index in [1.807, 2.05) is 0 Å². The van der Waals surface area contributed by atoms with Crippen LogP contribution in [0.5, 0.6) is 0 Å². The second kappa shape index (κ2) is 6.15. The number of thiophene rings is 1. The minimum absolute atomic E-state index is 0.150. The number of aliphatic hydroxyl groups is 1. The maximum atomic E-state index is 13.4. The van der Waals surface area contributed by atoms with Gasteiger partial charge in [-0.25, -0.2) is 0 Å². The molecule has 4 aliphatic carbocycles. The zero-order chi connectivity index (χ0) is 18.8. The maximum absolute atomic E-state index is 13.4. The van der Waals surface area contributed by atoms with Crippen molar-refractivity contribution >= 4 is 23.2 Å². The van der Waals surface area contributed by atoms with Crippen molar-refractivity contribution in [3.05, 3.63) is 39.6 Å².